The van der Waals surface area contributed by atoms with E-state index in [9.17, 15) is 4.79 Å². The fraction of sp³-hybridized carbons (Fsp3) is 0.667. The Labute approximate surface area is 145 Å². The Morgan fingerprint density at radius 1 is 1.29 bits per heavy atom. The number of H-pyrrole nitrogens is 1. The molecule has 6 heteroatoms. The Bertz CT molecular complexity index is 833. The average molecular weight is 345 g/mol. The van der Waals surface area contributed by atoms with Crippen molar-refractivity contribution in [2.75, 3.05) is 39.3 Å². The van der Waals surface area contributed by atoms with E-state index in [-0.39, 0.29) is 5.56 Å². The Balaban J connectivity index is 1.53. The molecule has 3 aliphatic heterocycles. The maximum absolute atomic E-state index is 12.8. The van der Waals surface area contributed by atoms with Crippen molar-refractivity contribution in [2.24, 2.45) is 5.92 Å². The van der Waals surface area contributed by atoms with Gasteiger partial charge in [-0.15, -0.1) is 11.3 Å². The van der Waals surface area contributed by atoms with Gasteiger partial charge in [0.2, 0.25) is 0 Å². The molecule has 1 N–H and O–H groups in total. The highest BCUT2D eigenvalue weighted by atomic mass is 32.1. The standard InChI is InChI=1S/C18H24N4OS/c1-12-2-3-13-14(10-12)24-18-16(13)17(23)19-15(20-18)11-22-7-4-21(5-8-22)6-9-22/h12H,2-11H2,1H3/p+1/t12-/m0/s1. The van der Waals surface area contributed by atoms with Crippen molar-refractivity contribution in [1.29, 1.82) is 0 Å². The summed E-state index contributed by atoms with van der Waals surface area (Å²) in [6, 6.07) is 0. The molecule has 0 radical (unpaired) electrons. The van der Waals surface area contributed by atoms with Crippen molar-refractivity contribution in [3.63, 3.8) is 0 Å². The molecule has 0 saturated carbocycles. The Morgan fingerprint density at radius 3 is 2.79 bits per heavy atom. The van der Waals surface area contributed by atoms with E-state index in [0.717, 1.165) is 45.8 Å². The molecule has 2 aromatic heterocycles. The van der Waals surface area contributed by atoms with Gasteiger partial charge in [-0.2, -0.15) is 0 Å². The molecule has 0 spiro atoms. The molecule has 2 aromatic rings. The second-order valence-corrected chi connectivity index (χ2v) is 9.14. The van der Waals surface area contributed by atoms with Crippen molar-refractivity contribution in [3.8, 4) is 0 Å². The van der Waals surface area contributed by atoms with Crippen LogP contribution >= 0.6 is 11.3 Å². The number of aryl methyl sites for hydroxylation is 1. The number of fused-ring (bicyclic) bond motifs is 6. The summed E-state index contributed by atoms with van der Waals surface area (Å²) in [4.78, 5) is 25.7. The predicted octanol–water partition coefficient (Wildman–Crippen LogP) is 1.76. The first kappa shape index (κ1) is 15.0. The summed E-state index contributed by atoms with van der Waals surface area (Å²) in [6.45, 7) is 10.4. The van der Waals surface area contributed by atoms with Crippen LogP contribution in [0.4, 0.5) is 0 Å². The fourth-order valence-electron chi connectivity index (χ4n) is 4.75. The largest absolute Gasteiger partial charge is 0.314 e. The van der Waals surface area contributed by atoms with Crippen LogP contribution in [0.5, 0.6) is 0 Å². The third-order valence-corrected chi connectivity index (χ3v) is 7.52. The lowest BCUT2D eigenvalue weighted by molar-refractivity contribution is -0.953. The molecule has 5 heterocycles. The number of aromatic amines is 1. The SMILES string of the molecule is C[C@H]1CCc2c(sc3nc(C[N+]45CCN(CC4)CC5)[nH]c(=O)c23)C1. The number of hydrogen-bond donors (Lipinski definition) is 1. The zero-order chi connectivity index (χ0) is 16.3. The molecule has 1 aliphatic carbocycles. The first-order chi connectivity index (χ1) is 11.6. The highest BCUT2D eigenvalue weighted by Crippen LogP contribution is 2.35. The number of hydrogen-bond acceptors (Lipinski definition) is 4. The van der Waals surface area contributed by atoms with E-state index in [2.05, 4.69) is 16.8 Å². The van der Waals surface area contributed by atoms with E-state index in [0.29, 0.717) is 0 Å². The summed E-state index contributed by atoms with van der Waals surface area (Å²) in [5.74, 6) is 1.63. The summed E-state index contributed by atoms with van der Waals surface area (Å²) >= 11 is 1.76. The maximum Gasteiger partial charge on any atom is 0.260 e. The summed E-state index contributed by atoms with van der Waals surface area (Å²) in [6.07, 6.45) is 3.34. The van der Waals surface area contributed by atoms with E-state index in [1.807, 2.05) is 0 Å². The van der Waals surface area contributed by atoms with Crippen molar-refractivity contribution in [1.82, 2.24) is 14.9 Å². The molecule has 0 amide bonds. The normalized spacial score (nSPS) is 32.2. The van der Waals surface area contributed by atoms with Gasteiger partial charge in [0.05, 0.1) is 25.0 Å². The Hall–Kier alpha value is -1.24. The summed E-state index contributed by atoms with van der Waals surface area (Å²) < 4.78 is 1.10. The average Bonchev–Trinajstić information content (AvgIpc) is 2.93. The minimum absolute atomic E-state index is 0.0934. The number of thiophene rings is 1. The highest BCUT2D eigenvalue weighted by molar-refractivity contribution is 7.18. The number of nitrogens with one attached hydrogen (secondary N) is 1. The van der Waals surface area contributed by atoms with Crippen molar-refractivity contribution in [2.45, 2.75) is 32.7 Å². The van der Waals surface area contributed by atoms with Gasteiger partial charge in [-0.1, -0.05) is 6.92 Å². The van der Waals surface area contributed by atoms with E-state index in [1.54, 1.807) is 11.3 Å². The molecular weight excluding hydrogens is 320 g/mol. The first-order valence-corrected chi connectivity index (χ1v) is 10.0. The van der Waals surface area contributed by atoms with Gasteiger partial charge in [0.15, 0.2) is 5.82 Å². The van der Waals surface area contributed by atoms with E-state index in [1.165, 1.54) is 56.1 Å². The summed E-state index contributed by atoms with van der Waals surface area (Å²) in [5.41, 5.74) is 1.38. The van der Waals surface area contributed by atoms with Gasteiger partial charge >= 0.3 is 0 Å². The van der Waals surface area contributed by atoms with Crippen molar-refractivity contribution >= 4 is 21.6 Å². The molecule has 1 atom stereocenters. The van der Waals surface area contributed by atoms with Gasteiger partial charge in [0, 0.05) is 24.5 Å². The topological polar surface area (TPSA) is 49.0 Å². The molecule has 3 fully saturated rings. The van der Waals surface area contributed by atoms with Gasteiger partial charge in [0.25, 0.3) is 5.56 Å². The second-order valence-electron chi connectivity index (χ2n) is 8.06. The van der Waals surface area contributed by atoms with Gasteiger partial charge in [-0.25, -0.2) is 4.98 Å². The number of aromatic nitrogens is 2. The molecule has 6 rings (SSSR count). The predicted molar refractivity (Wildman–Crippen MR) is 96.4 cm³/mol. The molecule has 4 aliphatic rings. The minimum Gasteiger partial charge on any atom is -0.314 e. The van der Waals surface area contributed by atoms with Gasteiger partial charge in [-0.05, 0) is 30.7 Å². The Kier molecular flexibility index (Phi) is 3.37. The minimum atomic E-state index is 0.0934. The fourth-order valence-corrected chi connectivity index (χ4v) is 6.16. The lowest BCUT2D eigenvalue weighted by Crippen LogP contribution is -2.66. The van der Waals surface area contributed by atoms with Crippen LogP contribution in [0.2, 0.25) is 0 Å². The molecule has 128 valence electrons. The maximum atomic E-state index is 12.8. The zero-order valence-corrected chi connectivity index (χ0v) is 15.1. The lowest BCUT2D eigenvalue weighted by Gasteiger charge is -2.50. The van der Waals surface area contributed by atoms with Gasteiger partial charge < -0.3 is 9.47 Å². The van der Waals surface area contributed by atoms with Crippen molar-refractivity contribution in [3.05, 3.63) is 26.6 Å². The van der Waals surface area contributed by atoms with Gasteiger partial charge in [-0.3, -0.25) is 9.69 Å². The number of piperazine rings is 3. The number of rotatable bonds is 2. The van der Waals surface area contributed by atoms with Crippen LogP contribution in [0.15, 0.2) is 4.79 Å². The smallest absolute Gasteiger partial charge is 0.260 e. The van der Waals surface area contributed by atoms with Crippen LogP contribution in [0.3, 0.4) is 0 Å². The van der Waals surface area contributed by atoms with Crippen LogP contribution in [0, 0.1) is 5.92 Å². The van der Waals surface area contributed by atoms with Gasteiger partial charge in [0.1, 0.15) is 11.4 Å². The number of quaternary nitrogens is 1. The number of nitrogens with zero attached hydrogens (tertiary/aromatic N) is 3. The Morgan fingerprint density at radius 2 is 2.04 bits per heavy atom. The molecular formula is C18H25N4OS+. The quantitative estimate of drug-likeness (QED) is 0.844. The molecule has 3 saturated heterocycles. The van der Waals surface area contributed by atoms with Crippen LogP contribution in [-0.2, 0) is 19.4 Å². The zero-order valence-electron chi connectivity index (χ0n) is 14.3. The van der Waals surface area contributed by atoms with Crippen molar-refractivity contribution < 1.29 is 4.48 Å². The van der Waals surface area contributed by atoms with E-state index in [4.69, 9.17) is 4.98 Å². The molecule has 5 nitrogen and oxygen atoms in total. The van der Waals surface area contributed by atoms with E-state index >= 15 is 0 Å². The lowest BCUT2D eigenvalue weighted by atomic mass is 9.89. The monoisotopic (exact) mass is 345 g/mol. The molecule has 0 aromatic carbocycles. The van der Waals surface area contributed by atoms with Crippen LogP contribution < -0.4 is 5.56 Å². The van der Waals surface area contributed by atoms with Crippen LogP contribution in [0.25, 0.3) is 10.2 Å². The van der Waals surface area contributed by atoms with E-state index < -0.39 is 0 Å². The third-order valence-electron chi connectivity index (χ3n) is 6.37. The molecule has 0 unspecified atom stereocenters. The van der Waals surface area contributed by atoms with Crippen LogP contribution in [0.1, 0.15) is 29.6 Å². The second kappa shape index (κ2) is 5.38. The summed E-state index contributed by atoms with van der Waals surface area (Å²) in [5, 5.41) is 0.883. The van der Waals surface area contributed by atoms with Crippen LogP contribution in [-0.4, -0.2) is 58.6 Å². The molecule has 24 heavy (non-hydrogen) atoms. The first-order valence-electron chi connectivity index (χ1n) is 9.23. The third kappa shape index (κ3) is 2.35. The highest BCUT2D eigenvalue weighted by Gasteiger charge is 2.39. The molecule has 2 bridgehead atoms. The summed E-state index contributed by atoms with van der Waals surface area (Å²) in [7, 11) is 0.